The molecule has 0 bridgehead atoms. The lowest BCUT2D eigenvalue weighted by atomic mass is 10.3. The van der Waals surface area contributed by atoms with Crippen LogP contribution in [0.3, 0.4) is 0 Å². The quantitative estimate of drug-likeness (QED) is 0.654. The van der Waals surface area contributed by atoms with Gasteiger partial charge in [-0.3, -0.25) is 9.69 Å². The number of nitriles is 1. The van der Waals surface area contributed by atoms with Crippen LogP contribution in [0.25, 0.3) is 0 Å². The Morgan fingerprint density at radius 3 is 2.54 bits per heavy atom. The lowest BCUT2D eigenvalue weighted by Gasteiger charge is -2.24. The fourth-order valence-electron chi connectivity index (χ4n) is 0.905. The van der Waals surface area contributed by atoms with Gasteiger partial charge in [-0.05, 0) is 13.8 Å². The van der Waals surface area contributed by atoms with Gasteiger partial charge in [0.25, 0.3) is 0 Å². The zero-order valence-corrected chi connectivity index (χ0v) is 8.58. The van der Waals surface area contributed by atoms with Crippen LogP contribution in [-0.2, 0) is 4.79 Å². The molecule has 0 aromatic heterocycles. The van der Waals surface area contributed by atoms with Gasteiger partial charge < -0.3 is 5.73 Å². The first-order valence-electron chi connectivity index (χ1n) is 4.03. The van der Waals surface area contributed by atoms with Gasteiger partial charge in [-0.1, -0.05) is 0 Å². The number of rotatable bonds is 5. The van der Waals surface area contributed by atoms with Gasteiger partial charge in [0.1, 0.15) is 5.38 Å². The highest BCUT2D eigenvalue weighted by molar-refractivity contribution is 6.22. The number of carbonyl (C=O) groups excluding carboxylic acids is 1. The molecule has 5 heteroatoms. The molecule has 0 radical (unpaired) electrons. The Morgan fingerprint density at radius 1 is 1.69 bits per heavy atom. The summed E-state index contributed by atoms with van der Waals surface area (Å²) in [5, 5.41) is 7.88. The Balaban J connectivity index is 4.11. The van der Waals surface area contributed by atoms with E-state index >= 15 is 0 Å². The molecular formula is C8H14ClN3O. The minimum Gasteiger partial charge on any atom is -0.369 e. The maximum atomic E-state index is 10.6. The van der Waals surface area contributed by atoms with Crippen LogP contribution in [0.2, 0.25) is 0 Å². The summed E-state index contributed by atoms with van der Waals surface area (Å²) < 4.78 is 0. The number of amides is 1. The van der Waals surface area contributed by atoms with Crippen molar-refractivity contribution in [1.29, 1.82) is 5.26 Å². The van der Waals surface area contributed by atoms with E-state index in [2.05, 4.69) is 0 Å². The Bertz CT molecular complexity index is 212. The summed E-state index contributed by atoms with van der Waals surface area (Å²) in [6.07, 6.45) is 0. The SMILES string of the molecule is CC(C)N(CC(N)=O)CC(Cl)C#N. The first kappa shape index (κ1) is 12.2. The highest BCUT2D eigenvalue weighted by Gasteiger charge is 2.15. The minimum atomic E-state index is -0.596. The average Bonchev–Trinajstić information content (AvgIpc) is 2.02. The highest BCUT2D eigenvalue weighted by Crippen LogP contribution is 2.03. The molecule has 0 aliphatic carbocycles. The number of alkyl halides is 1. The van der Waals surface area contributed by atoms with Gasteiger partial charge in [0.05, 0.1) is 12.6 Å². The molecule has 0 saturated carbocycles. The van der Waals surface area contributed by atoms with Crippen LogP contribution >= 0.6 is 11.6 Å². The zero-order valence-electron chi connectivity index (χ0n) is 7.83. The highest BCUT2D eigenvalue weighted by atomic mass is 35.5. The van der Waals surface area contributed by atoms with Crippen molar-refractivity contribution in [2.45, 2.75) is 25.3 Å². The van der Waals surface area contributed by atoms with Gasteiger partial charge in [-0.25, -0.2) is 0 Å². The Kier molecular flexibility index (Phi) is 5.44. The second kappa shape index (κ2) is 5.79. The number of hydrogen-bond donors (Lipinski definition) is 1. The molecule has 0 aliphatic heterocycles. The molecule has 0 heterocycles. The number of hydrogen-bond acceptors (Lipinski definition) is 3. The van der Waals surface area contributed by atoms with Gasteiger partial charge in [0, 0.05) is 12.6 Å². The van der Waals surface area contributed by atoms with Crippen molar-refractivity contribution < 1.29 is 4.79 Å². The lowest BCUT2D eigenvalue weighted by molar-refractivity contribution is -0.119. The molecule has 0 fully saturated rings. The maximum Gasteiger partial charge on any atom is 0.231 e. The van der Waals surface area contributed by atoms with Crippen LogP contribution in [0.4, 0.5) is 0 Å². The summed E-state index contributed by atoms with van der Waals surface area (Å²) in [6, 6.07) is 2.05. The molecule has 0 saturated heterocycles. The predicted molar refractivity (Wildman–Crippen MR) is 51.2 cm³/mol. The van der Waals surface area contributed by atoms with Crippen LogP contribution in [0.1, 0.15) is 13.8 Å². The lowest BCUT2D eigenvalue weighted by Crippen LogP contribution is -2.41. The van der Waals surface area contributed by atoms with Gasteiger partial charge >= 0.3 is 0 Å². The number of primary amides is 1. The fourth-order valence-corrected chi connectivity index (χ4v) is 1.08. The first-order chi connectivity index (χ1) is 5.97. The van der Waals surface area contributed by atoms with E-state index in [0.717, 1.165) is 0 Å². The van der Waals surface area contributed by atoms with Crippen LogP contribution in [0.15, 0.2) is 0 Å². The third-order valence-electron chi connectivity index (χ3n) is 1.62. The van der Waals surface area contributed by atoms with Gasteiger partial charge in [-0.15, -0.1) is 11.6 Å². The second-order valence-electron chi connectivity index (χ2n) is 3.09. The Hall–Kier alpha value is -0.790. The summed E-state index contributed by atoms with van der Waals surface area (Å²) >= 11 is 5.63. The van der Waals surface area contributed by atoms with E-state index in [1.54, 1.807) is 4.90 Å². The van der Waals surface area contributed by atoms with Crippen molar-refractivity contribution in [3.05, 3.63) is 0 Å². The van der Waals surface area contributed by atoms with Crippen molar-refractivity contribution in [3.8, 4) is 6.07 Å². The van der Waals surface area contributed by atoms with E-state index in [9.17, 15) is 4.79 Å². The molecule has 0 spiro atoms. The van der Waals surface area contributed by atoms with Crippen molar-refractivity contribution in [3.63, 3.8) is 0 Å². The summed E-state index contributed by atoms with van der Waals surface area (Å²) in [4.78, 5) is 12.4. The molecule has 2 N–H and O–H groups in total. The topological polar surface area (TPSA) is 70.1 Å². The molecule has 4 nitrogen and oxygen atoms in total. The smallest absolute Gasteiger partial charge is 0.231 e. The summed E-state index contributed by atoms with van der Waals surface area (Å²) in [7, 11) is 0. The number of halogens is 1. The van der Waals surface area contributed by atoms with E-state index in [1.165, 1.54) is 0 Å². The van der Waals surface area contributed by atoms with Crippen LogP contribution in [0.5, 0.6) is 0 Å². The second-order valence-corrected chi connectivity index (χ2v) is 3.61. The molecule has 1 unspecified atom stereocenters. The fraction of sp³-hybridized carbons (Fsp3) is 0.750. The largest absolute Gasteiger partial charge is 0.369 e. The zero-order chi connectivity index (χ0) is 10.4. The number of nitrogens with two attached hydrogens (primary N) is 1. The molecule has 0 rings (SSSR count). The molecule has 1 amide bonds. The maximum absolute atomic E-state index is 10.6. The Morgan fingerprint density at radius 2 is 2.23 bits per heavy atom. The first-order valence-corrected chi connectivity index (χ1v) is 4.47. The average molecular weight is 204 g/mol. The van der Waals surface area contributed by atoms with Crippen molar-refractivity contribution in [1.82, 2.24) is 4.90 Å². The molecule has 1 atom stereocenters. The monoisotopic (exact) mass is 203 g/mol. The standard InChI is InChI=1S/C8H14ClN3O/c1-6(2)12(5-8(11)13)4-7(9)3-10/h6-7H,4-5H2,1-2H3,(H2,11,13). The van der Waals surface area contributed by atoms with E-state index < -0.39 is 11.3 Å². The molecule has 0 aromatic carbocycles. The minimum absolute atomic E-state index is 0.141. The Labute approximate surface area is 83.3 Å². The van der Waals surface area contributed by atoms with Crippen molar-refractivity contribution >= 4 is 17.5 Å². The van der Waals surface area contributed by atoms with E-state index in [4.69, 9.17) is 22.6 Å². The van der Waals surface area contributed by atoms with Crippen molar-refractivity contribution in [2.24, 2.45) is 5.73 Å². The molecule has 13 heavy (non-hydrogen) atoms. The third kappa shape index (κ3) is 5.45. The summed E-state index contributed by atoms with van der Waals surface area (Å²) in [5.41, 5.74) is 5.04. The van der Waals surface area contributed by atoms with Crippen molar-refractivity contribution in [2.75, 3.05) is 13.1 Å². The third-order valence-corrected chi connectivity index (χ3v) is 1.86. The van der Waals surface area contributed by atoms with Gasteiger partial charge in [-0.2, -0.15) is 5.26 Å². The van der Waals surface area contributed by atoms with E-state index in [1.807, 2.05) is 19.9 Å². The van der Waals surface area contributed by atoms with Crippen LogP contribution in [-0.4, -0.2) is 35.3 Å². The summed E-state index contributed by atoms with van der Waals surface area (Å²) in [5.74, 6) is -0.407. The summed E-state index contributed by atoms with van der Waals surface area (Å²) in [6.45, 7) is 4.34. The van der Waals surface area contributed by atoms with Crippen LogP contribution < -0.4 is 5.73 Å². The molecule has 0 aliphatic rings. The normalized spacial score (nSPS) is 12.9. The number of nitrogens with zero attached hydrogens (tertiary/aromatic N) is 2. The van der Waals surface area contributed by atoms with Crippen LogP contribution in [0, 0.1) is 11.3 Å². The predicted octanol–water partition coefficient (Wildman–Crippen LogP) is 0.313. The van der Waals surface area contributed by atoms with E-state index in [-0.39, 0.29) is 12.6 Å². The number of carbonyl (C=O) groups is 1. The molecular weight excluding hydrogens is 190 g/mol. The molecule has 74 valence electrons. The van der Waals surface area contributed by atoms with E-state index in [0.29, 0.717) is 6.54 Å². The van der Waals surface area contributed by atoms with Gasteiger partial charge in [0.15, 0.2) is 0 Å². The molecule has 0 aromatic rings. The van der Waals surface area contributed by atoms with Gasteiger partial charge in [0.2, 0.25) is 5.91 Å².